The highest BCUT2D eigenvalue weighted by atomic mass is 16.6. The van der Waals surface area contributed by atoms with Crippen LogP contribution in [0.15, 0.2) is 60.7 Å². The molecule has 0 spiro atoms. The van der Waals surface area contributed by atoms with Gasteiger partial charge in [-0.25, -0.2) is 4.79 Å². The van der Waals surface area contributed by atoms with Crippen molar-refractivity contribution in [1.82, 2.24) is 9.80 Å². The van der Waals surface area contributed by atoms with Gasteiger partial charge in [0, 0.05) is 38.3 Å². The highest BCUT2D eigenvalue weighted by Crippen LogP contribution is 2.33. The smallest absolute Gasteiger partial charge is 0.340 e. The van der Waals surface area contributed by atoms with E-state index in [0.29, 0.717) is 5.56 Å². The molecule has 0 bridgehead atoms. The summed E-state index contributed by atoms with van der Waals surface area (Å²) in [7, 11) is 0. The maximum atomic E-state index is 12.0. The molecule has 2 aromatic rings. The van der Waals surface area contributed by atoms with E-state index in [1.807, 2.05) is 30.3 Å². The van der Waals surface area contributed by atoms with E-state index in [4.69, 9.17) is 4.74 Å². The molecule has 0 amide bonds. The third kappa shape index (κ3) is 3.50. The molecule has 0 N–H and O–H groups in total. The molecule has 1 saturated heterocycles. The number of rotatable bonds is 4. The first-order chi connectivity index (χ1) is 12.3. The van der Waals surface area contributed by atoms with Crippen LogP contribution in [0.2, 0.25) is 0 Å². The molecule has 25 heavy (non-hydrogen) atoms. The van der Waals surface area contributed by atoms with Crippen LogP contribution in [0, 0.1) is 0 Å². The largest absolute Gasteiger partial charge is 0.438 e. The number of fused-ring (bicyclic) bond motifs is 1. The molecular formula is C21H22N2O2. The summed E-state index contributed by atoms with van der Waals surface area (Å²) in [4.78, 5) is 16.7. The van der Waals surface area contributed by atoms with Crippen LogP contribution in [-0.4, -0.2) is 48.5 Å². The molecule has 2 aliphatic rings. The molecule has 0 aliphatic carbocycles. The van der Waals surface area contributed by atoms with E-state index < -0.39 is 0 Å². The van der Waals surface area contributed by atoms with Crippen molar-refractivity contribution in [1.29, 1.82) is 0 Å². The summed E-state index contributed by atoms with van der Waals surface area (Å²) in [6, 6.07) is 18.1. The lowest BCUT2D eigenvalue weighted by Gasteiger charge is -2.36. The fraction of sp³-hybridized carbons (Fsp3) is 0.286. The van der Waals surface area contributed by atoms with Gasteiger partial charge >= 0.3 is 5.97 Å². The predicted octanol–water partition coefficient (Wildman–Crippen LogP) is 3.19. The van der Waals surface area contributed by atoms with E-state index in [1.165, 1.54) is 5.56 Å². The third-order valence-electron chi connectivity index (χ3n) is 4.88. The molecule has 128 valence electrons. The lowest BCUT2D eigenvalue weighted by molar-refractivity contribution is -0.0398. The maximum absolute atomic E-state index is 12.0. The SMILES string of the molecule is O=C1O[C@@H](N2CCN(C/C=C/c3ccccc3)CC2)c2ccccc21. The van der Waals surface area contributed by atoms with Crippen LogP contribution in [0.4, 0.5) is 0 Å². The predicted molar refractivity (Wildman–Crippen MR) is 98.1 cm³/mol. The van der Waals surface area contributed by atoms with Gasteiger partial charge in [0.05, 0.1) is 5.56 Å². The topological polar surface area (TPSA) is 32.8 Å². The Bertz CT molecular complexity index is 764. The van der Waals surface area contributed by atoms with Crippen molar-refractivity contribution in [2.75, 3.05) is 32.7 Å². The number of esters is 1. The van der Waals surface area contributed by atoms with Crippen molar-refractivity contribution >= 4 is 12.0 Å². The molecule has 4 nitrogen and oxygen atoms in total. The standard InChI is InChI=1S/C21H22N2O2/c24-21-19-11-5-4-10-18(19)20(25-21)23-15-13-22(14-16-23)12-6-9-17-7-2-1-3-8-17/h1-11,20H,12-16H2/b9-6+/t20-/m1/s1. The Morgan fingerprint density at radius 1 is 0.960 bits per heavy atom. The van der Waals surface area contributed by atoms with Gasteiger partial charge in [-0.1, -0.05) is 60.7 Å². The molecule has 2 aromatic carbocycles. The van der Waals surface area contributed by atoms with Crippen LogP contribution in [0.5, 0.6) is 0 Å². The Morgan fingerprint density at radius 2 is 1.68 bits per heavy atom. The zero-order valence-corrected chi connectivity index (χ0v) is 14.2. The van der Waals surface area contributed by atoms with Crippen LogP contribution < -0.4 is 0 Å². The number of hydrogen-bond acceptors (Lipinski definition) is 4. The normalized spacial score (nSPS) is 21.4. The second-order valence-electron chi connectivity index (χ2n) is 6.49. The lowest BCUT2D eigenvalue weighted by atomic mass is 10.1. The second kappa shape index (κ2) is 7.21. The van der Waals surface area contributed by atoms with Crippen molar-refractivity contribution in [3.05, 3.63) is 77.4 Å². The average molecular weight is 334 g/mol. The van der Waals surface area contributed by atoms with Crippen molar-refractivity contribution in [2.45, 2.75) is 6.23 Å². The zero-order chi connectivity index (χ0) is 17.1. The first-order valence-corrected chi connectivity index (χ1v) is 8.79. The molecular weight excluding hydrogens is 312 g/mol. The van der Waals surface area contributed by atoms with Gasteiger partial charge < -0.3 is 4.74 Å². The summed E-state index contributed by atoms with van der Waals surface area (Å²) in [5, 5.41) is 0. The van der Waals surface area contributed by atoms with Gasteiger partial charge in [0.15, 0.2) is 6.23 Å². The van der Waals surface area contributed by atoms with Crippen LogP contribution in [-0.2, 0) is 4.74 Å². The number of nitrogens with zero attached hydrogens (tertiary/aromatic N) is 2. The first-order valence-electron chi connectivity index (χ1n) is 8.79. The molecule has 1 fully saturated rings. The number of carbonyl (C=O) groups excluding carboxylic acids is 1. The first kappa shape index (κ1) is 16.1. The van der Waals surface area contributed by atoms with E-state index in [9.17, 15) is 4.79 Å². The molecule has 4 rings (SSSR count). The van der Waals surface area contributed by atoms with Gasteiger partial charge in [0.2, 0.25) is 0 Å². The molecule has 2 aliphatic heterocycles. The fourth-order valence-electron chi connectivity index (χ4n) is 3.48. The highest BCUT2D eigenvalue weighted by Gasteiger charge is 2.35. The average Bonchev–Trinajstić information content (AvgIpc) is 3.00. The number of hydrogen-bond donors (Lipinski definition) is 0. The van der Waals surface area contributed by atoms with Crippen LogP contribution in [0.1, 0.15) is 27.7 Å². The van der Waals surface area contributed by atoms with Crippen molar-refractivity contribution in [2.24, 2.45) is 0 Å². The highest BCUT2D eigenvalue weighted by molar-refractivity contribution is 5.93. The third-order valence-corrected chi connectivity index (χ3v) is 4.88. The summed E-state index contributed by atoms with van der Waals surface area (Å²) >= 11 is 0. The Balaban J connectivity index is 1.32. The minimum Gasteiger partial charge on any atom is -0.438 e. The minimum absolute atomic E-state index is 0.200. The van der Waals surface area contributed by atoms with Gasteiger partial charge in [-0.2, -0.15) is 0 Å². The van der Waals surface area contributed by atoms with Gasteiger partial charge in [-0.15, -0.1) is 0 Å². The molecule has 0 unspecified atom stereocenters. The molecule has 0 aromatic heterocycles. The maximum Gasteiger partial charge on any atom is 0.340 e. The monoisotopic (exact) mass is 334 g/mol. The van der Waals surface area contributed by atoms with Gasteiger partial charge in [0.25, 0.3) is 0 Å². The number of cyclic esters (lactones) is 1. The number of benzene rings is 2. The molecule has 1 atom stereocenters. The lowest BCUT2D eigenvalue weighted by Crippen LogP contribution is -2.47. The van der Waals surface area contributed by atoms with Gasteiger partial charge in [0.1, 0.15) is 0 Å². The van der Waals surface area contributed by atoms with E-state index in [1.54, 1.807) is 0 Å². The Hall–Kier alpha value is -2.43. The van der Waals surface area contributed by atoms with Gasteiger partial charge in [-0.05, 0) is 11.6 Å². The summed E-state index contributed by atoms with van der Waals surface area (Å²) in [5.41, 5.74) is 2.95. The summed E-state index contributed by atoms with van der Waals surface area (Å²) in [6.45, 7) is 4.73. The minimum atomic E-state index is -0.217. The Labute approximate surface area is 148 Å². The van der Waals surface area contributed by atoms with E-state index in [2.05, 4.69) is 46.2 Å². The summed E-state index contributed by atoms with van der Waals surface area (Å²) < 4.78 is 5.60. The van der Waals surface area contributed by atoms with Crippen LogP contribution in [0.3, 0.4) is 0 Å². The van der Waals surface area contributed by atoms with E-state index in [0.717, 1.165) is 38.3 Å². The quantitative estimate of drug-likeness (QED) is 0.804. The van der Waals surface area contributed by atoms with Gasteiger partial charge in [-0.3, -0.25) is 9.80 Å². The second-order valence-corrected chi connectivity index (χ2v) is 6.49. The zero-order valence-electron chi connectivity index (χ0n) is 14.2. The molecule has 0 saturated carbocycles. The fourth-order valence-corrected chi connectivity index (χ4v) is 3.48. The number of piperazine rings is 1. The van der Waals surface area contributed by atoms with E-state index >= 15 is 0 Å². The van der Waals surface area contributed by atoms with Crippen molar-refractivity contribution < 1.29 is 9.53 Å². The Morgan fingerprint density at radius 3 is 2.48 bits per heavy atom. The molecule has 4 heteroatoms. The van der Waals surface area contributed by atoms with Crippen molar-refractivity contribution in [3.8, 4) is 0 Å². The number of ether oxygens (including phenoxy) is 1. The van der Waals surface area contributed by atoms with Crippen molar-refractivity contribution in [3.63, 3.8) is 0 Å². The van der Waals surface area contributed by atoms with Crippen LogP contribution in [0.25, 0.3) is 6.08 Å². The van der Waals surface area contributed by atoms with Crippen LogP contribution >= 0.6 is 0 Å². The molecule has 0 radical (unpaired) electrons. The number of carbonyl (C=O) groups is 1. The summed E-state index contributed by atoms with van der Waals surface area (Å²) in [5.74, 6) is -0.200. The Kier molecular flexibility index (Phi) is 4.63. The van der Waals surface area contributed by atoms with E-state index in [-0.39, 0.29) is 12.2 Å². The molecule has 2 heterocycles. The summed E-state index contributed by atoms with van der Waals surface area (Å²) in [6.07, 6.45) is 4.17.